The fraction of sp³-hybridized carbons (Fsp3) is 0.333. The third-order valence-electron chi connectivity index (χ3n) is 2.31. The Bertz CT molecular complexity index is 345. The molecule has 2 N–H and O–H groups in total. The normalized spacial score (nSPS) is 10.3. The van der Waals surface area contributed by atoms with Gasteiger partial charge in [0.15, 0.2) is 5.92 Å². The summed E-state index contributed by atoms with van der Waals surface area (Å²) in [7, 11) is 0. The van der Waals surface area contributed by atoms with Gasteiger partial charge < -0.3 is 10.2 Å². The Labute approximate surface area is 93.5 Å². The summed E-state index contributed by atoms with van der Waals surface area (Å²) >= 11 is 0. The van der Waals surface area contributed by atoms with Crippen molar-refractivity contribution in [3.05, 3.63) is 35.9 Å². The summed E-state index contributed by atoms with van der Waals surface area (Å²) < 4.78 is 0. The molecule has 0 saturated carbocycles. The van der Waals surface area contributed by atoms with Gasteiger partial charge in [0.1, 0.15) is 0 Å². The maximum Gasteiger partial charge on any atom is 0.317 e. The lowest BCUT2D eigenvalue weighted by Crippen LogP contribution is -2.23. The molecule has 0 amide bonds. The van der Waals surface area contributed by atoms with Crippen LogP contribution in [0.25, 0.3) is 0 Å². The van der Waals surface area contributed by atoms with Crippen LogP contribution < -0.4 is 0 Å². The molecule has 16 heavy (non-hydrogen) atoms. The summed E-state index contributed by atoms with van der Waals surface area (Å²) in [5, 5.41) is 17.3. The molecule has 0 spiro atoms. The van der Waals surface area contributed by atoms with Crippen LogP contribution in [0.4, 0.5) is 0 Å². The molecule has 0 saturated heterocycles. The highest BCUT2D eigenvalue weighted by Crippen LogP contribution is 2.11. The van der Waals surface area contributed by atoms with Crippen molar-refractivity contribution in [2.24, 2.45) is 5.92 Å². The van der Waals surface area contributed by atoms with E-state index in [9.17, 15) is 9.59 Å². The number of hydrogen-bond donors (Lipinski definition) is 2. The van der Waals surface area contributed by atoms with E-state index in [4.69, 9.17) is 10.2 Å². The molecule has 0 aliphatic rings. The molecular weight excluding hydrogens is 208 g/mol. The molecule has 1 aromatic carbocycles. The van der Waals surface area contributed by atoms with Crippen LogP contribution in [0.1, 0.15) is 18.4 Å². The van der Waals surface area contributed by atoms with Crippen LogP contribution in [0.2, 0.25) is 0 Å². The van der Waals surface area contributed by atoms with Crippen molar-refractivity contribution in [2.75, 3.05) is 0 Å². The first-order valence-electron chi connectivity index (χ1n) is 5.02. The van der Waals surface area contributed by atoms with Gasteiger partial charge in [-0.05, 0) is 30.9 Å². The van der Waals surface area contributed by atoms with Gasteiger partial charge in [-0.2, -0.15) is 0 Å². The highest BCUT2D eigenvalue weighted by Gasteiger charge is 2.24. The quantitative estimate of drug-likeness (QED) is 0.715. The maximum absolute atomic E-state index is 10.6. The molecule has 85 valence electrons. The SMILES string of the molecule is O=C(O)C(CCCc1[c]cccc1)C(=O)O. The zero-order valence-electron chi connectivity index (χ0n) is 8.72. The van der Waals surface area contributed by atoms with E-state index in [1.165, 1.54) is 0 Å². The van der Waals surface area contributed by atoms with E-state index in [1.807, 2.05) is 18.2 Å². The lowest BCUT2D eigenvalue weighted by molar-refractivity contribution is -0.154. The van der Waals surface area contributed by atoms with Crippen molar-refractivity contribution in [1.82, 2.24) is 0 Å². The highest BCUT2D eigenvalue weighted by molar-refractivity contribution is 5.92. The van der Waals surface area contributed by atoms with E-state index in [2.05, 4.69) is 6.07 Å². The summed E-state index contributed by atoms with van der Waals surface area (Å²) in [6.07, 6.45) is 1.33. The van der Waals surface area contributed by atoms with Crippen molar-refractivity contribution in [2.45, 2.75) is 19.3 Å². The topological polar surface area (TPSA) is 74.6 Å². The molecule has 1 radical (unpaired) electrons. The van der Waals surface area contributed by atoms with E-state index in [0.29, 0.717) is 12.8 Å². The van der Waals surface area contributed by atoms with Gasteiger partial charge in [-0.15, -0.1) is 0 Å². The minimum absolute atomic E-state index is 0.146. The van der Waals surface area contributed by atoms with Crippen LogP contribution in [-0.4, -0.2) is 22.2 Å². The van der Waals surface area contributed by atoms with Crippen molar-refractivity contribution in [3.8, 4) is 0 Å². The molecule has 4 nitrogen and oxygen atoms in total. The summed E-state index contributed by atoms with van der Waals surface area (Å²) in [4.78, 5) is 21.2. The monoisotopic (exact) mass is 221 g/mol. The molecule has 4 heteroatoms. The second kappa shape index (κ2) is 5.90. The van der Waals surface area contributed by atoms with Gasteiger partial charge in [0.25, 0.3) is 0 Å². The van der Waals surface area contributed by atoms with Crippen molar-refractivity contribution < 1.29 is 19.8 Å². The predicted octanol–water partition coefficient (Wildman–Crippen LogP) is 1.59. The summed E-state index contributed by atoms with van der Waals surface area (Å²) in [5.41, 5.74) is 0.969. The first-order chi connectivity index (χ1) is 7.61. The standard InChI is InChI=1S/C12H13O4/c13-11(14)10(12(15)16)8-4-7-9-5-2-1-3-6-9/h1-3,5,10H,4,7-8H2,(H,13,14)(H,15,16). The van der Waals surface area contributed by atoms with Gasteiger partial charge in [0.2, 0.25) is 0 Å². The Balaban J connectivity index is 2.40. The fourth-order valence-corrected chi connectivity index (χ4v) is 1.44. The number of rotatable bonds is 6. The molecule has 0 aliphatic carbocycles. The third-order valence-corrected chi connectivity index (χ3v) is 2.31. The van der Waals surface area contributed by atoms with Gasteiger partial charge in [-0.3, -0.25) is 9.59 Å². The van der Waals surface area contributed by atoms with Crippen molar-refractivity contribution in [3.63, 3.8) is 0 Å². The summed E-state index contributed by atoms with van der Waals surface area (Å²) in [5.74, 6) is -3.85. The lowest BCUT2D eigenvalue weighted by Gasteiger charge is -2.06. The Hall–Kier alpha value is -1.84. The average Bonchev–Trinajstić information content (AvgIpc) is 2.24. The Morgan fingerprint density at radius 1 is 1.25 bits per heavy atom. The molecule has 1 aromatic rings. The third kappa shape index (κ3) is 3.73. The zero-order valence-corrected chi connectivity index (χ0v) is 8.72. The Morgan fingerprint density at radius 3 is 2.44 bits per heavy atom. The minimum atomic E-state index is -1.30. The number of benzene rings is 1. The molecule has 0 atom stereocenters. The molecule has 0 aromatic heterocycles. The number of carbonyl (C=O) groups is 2. The molecule has 0 heterocycles. The predicted molar refractivity (Wildman–Crippen MR) is 57.0 cm³/mol. The number of carboxylic acid groups (broad SMARTS) is 2. The van der Waals surface area contributed by atoms with Crippen LogP contribution in [0, 0.1) is 12.0 Å². The number of carboxylic acids is 2. The van der Waals surface area contributed by atoms with Crippen LogP contribution in [0.15, 0.2) is 24.3 Å². The van der Waals surface area contributed by atoms with Crippen LogP contribution in [0.5, 0.6) is 0 Å². The molecule has 0 fully saturated rings. The minimum Gasteiger partial charge on any atom is -0.481 e. The lowest BCUT2D eigenvalue weighted by atomic mass is 10.00. The van der Waals surface area contributed by atoms with Crippen molar-refractivity contribution in [1.29, 1.82) is 0 Å². The van der Waals surface area contributed by atoms with Gasteiger partial charge in [-0.1, -0.05) is 24.3 Å². The van der Waals surface area contributed by atoms with Crippen LogP contribution in [0.3, 0.4) is 0 Å². The van der Waals surface area contributed by atoms with E-state index >= 15 is 0 Å². The first-order valence-corrected chi connectivity index (χ1v) is 5.02. The highest BCUT2D eigenvalue weighted by atomic mass is 16.4. The zero-order chi connectivity index (χ0) is 12.0. The smallest absolute Gasteiger partial charge is 0.317 e. The maximum atomic E-state index is 10.6. The largest absolute Gasteiger partial charge is 0.481 e. The molecular formula is C12H13O4. The summed E-state index contributed by atoms with van der Waals surface area (Å²) in [6, 6.07) is 10.4. The Morgan fingerprint density at radius 2 is 1.94 bits per heavy atom. The van der Waals surface area contributed by atoms with Gasteiger partial charge >= 0.3 is 11.9 Å². The molecule has 0 unspecified atom stereocenters. The van der Waals surface area contributed by atoms with Crippen molar-refractivity contribution >= 4 is 11.9 Å². The second-order valence-electron chi connectivity index (χ2n) is 3.51. The van der Waals surface area contributed by atoms with E-state index in [-0.39, 0.29) is 6.42 Å². The van der Waals surface area contributed by atoms with E-state index in [0.717, 1.165) is 5.56 Å². The van der Waals surface area contributed by atoms with Crippen LogP contribution in [-0.2, 0) is 16.0 Å². The molecule has 1 rings (SSSR count). The summed E-state index contributed by atoms with van der Waals surface area (Å²) in [6.45, 7) is 0. The van der Waals surface area contributed by atoms with E-state index in [1.54, 1.807) is 6.07 Å². The van der Waals surface area contributed by atoms with Crippen LogP contribution >= 0.6 is 0 Å². The first kappa shape index (κ1) is 12.2. The van der Waals surface area contributed by atoms with E-state index < -0.39 is 17.9 Å². The second-order valence-corrected chi connectivity index (χ2v) is 3.51. The number of hydrogen-bond acceptors (Lipinski definition) is 2. The fourth-order valence-electron chi connectivity index (χ4n) is 1.44. The van der Waals surface area contributed by atoms with Gasteiger partial charge in [0, 0.05) is 0 Å². The Kier molecular flexibility index (Phi) is 4.51. The van der Waals surface area contributed by atoms with Gasteiger partial charge in [-0.25, -0.2) is 0 Å². The molecule has 0 aliphatic heterocycles. The molecule has 0 bridgehead atoms. The average molecular weight is 221 g/mol. The number of aryl methyl sites for hydroxylation is 1. The van der Waals surface area contributed by atoms with Gasteiger partial charge in [0.05, 0.1) is 0 Å². The number of aliphatic carboxylic acids is 2.